The molecule has 0 heterocycles. The fourth-order valence-electron chi connectivity index (χ4n) is 1.10. The zero-order valence-corrected chi connectivity index (χ0v) is 9.92. The van der Waals surface area contributed by atoms with Crippen LogP contribution in [0, 0.1) is 6.92 Å². The van der Waals surface area contributed by atoms with Gasteiger partial charge in [0, 0.05) is 18.6 Å². The largest absolute Gasteiger partial charge is 0.337 e. The lowest BCUT2D eigenvalue weighted by molar-refractivity contribution is 0.245. The first-order valence-electron chi connectivity index (χ1n) is 5.06. The summed E-state index contributed by atoms with van der Waals surface area (Å²) in [5, 5.41) is 5.19. The van der Waals surface area contributed by atoms with Crippen molar-refractivity contribution in [1.29, 1.82) is 0 Å². The van der Waals surface area contributed by atoms with Crippen molar-refractivity contribution in [1.82, 2.24) is 10.6 Å². The van der Waals surface area contributed by atoms with Gasteiger partial charge >= 0.3 is 6.03 Å². The van der Waals surface area contributed by atoms with Gasteiger partial charge in [-0.15, -0.1) is 11.6 Å². The number of carbonyl (C=O) groups is 1. The normalized spacial score (nSPS) is 10.4. The molecule has 0 unspecified atom stereocenters. The van der Waals surface area contributed by atoms with E-state index in [-0.39, 0.29) is 6.03 Å². The van der Waals surface area contributed by atoms with Gasteiger partial charge < -0.3 is 10.6 Å². The van der Waals surface area contributed by atoms with Crippen LogP contribution in [0.1, 0.15) is 11.1 Å². The first-order chi connectivity index (χ1) is 7.72. The third-order valence-electron chi connectivity index (χ3n) is 1.95. The summed E-state index contributed by atoms with van der Waals surface area (Å²) in [5.41, 5.74) is 2.26. The molecule has 0 aromatic heterocycles. The van der Waals surface area contributed by atoms with Gasteiger partial charge in [0.2, 0.25) is 0 Å². The third kappa shape index (κ3) is 4.84. The van der Waals surface area contributed by atoms with E-state index in [1.165, 1.54) is 5.56 Å². The zero-order valence-electron chi connectivity index (χ0n) is 9.16. The highest BCUT2D eigenvalue weighted by Gasteiger charge is 1.93. The highest BCUT2D eigenvalue weighted by molar-refractivity contribution is 6.18. The van der Waals surface area contributed by atoms with Crippen molar-refractivity contribution in [2.45, 2.75) is 6.92 Å². The predicted octanol–water partition coefficient (Wildman–Crippen LogP) is 2.50. The Morgan fingerprint density at radius 2 is 2.06 bits per heavy atom. The summed E-state index contributed by atoms with van der Waals surface area (Å²) < 4.78 is 0. The number of benzene rings is 1. The number of aryl methyl sites for hydroxylation is 1. The van der Waals surface area contributed by atoms with Crippen molar-refractivity contribution in [3.63, 3.8) is 0 Å². The van der Waals surface area contributed by atoms with Crippen molar-refractivity contribution >= 4 is 23.7 Å². The molecule has 3 nitrogen and oxygen atoms in total. The lowest BCUT2D eigenvalue weighted by Crippen LogP contribution is -2.33. The summed E-state index contributed by atoms with van der Waals surface area (Å²) in [5.74, 6) is 0.412. The van der Waals surface area contributed by atoms with Crippen molar-refractivity contribution in [2.24, 2.45) is 0 Å². The molecule has 0 saturated heterocycles. The van der Waals surface area contributed by atoms with E-state index in [1.807, 2.05) is 37.3 Å². The Kier molecular flexibility index (Phi) is 5.43. The van der Waals surface area contributed by atoms with E-state index in [0.29, 0.717) is 12.4 Å². The maximum atomic E-state index is 11.1. The molecule has 0 atom stereocenters. The van der Waals surface area contributed by atoms with Crippen LogP contribution in [0.2, 0.25) is 0 Å². The van der Waals surface area contributed by atoms with E-state index in [9.17, 15) is 4.79 Å². The number of hydrogen-bond donors (Lipinski definition) is 2. The van der Waals surface area contributed by atoms with Crippen LogP contribution in [-0.2, 0) is 0 Å². The number of nitrogens with one attached hydrogen (secondary N) is 2. The molecule has 0 spiro atoms. The van der Waals surface area contributed by atoms with Gasteiger partial charge in [0.05, 0.1) is 0 Å². The minimum Gasteiger partial charge on any atom is -0.337 e. The molecule has 0 radical (unpaired) electrons. The Hall–Kier alpha value is -1.48. The molecule has 0 aliphatic heterocycles. The maximum Gasteiger partial charge on any atom is 0.318 e. The minimum atomic E-state index is -0.246. The minimum absolute atomic E-state index is 0.246. The molecule has 0 bridgehead atoms. The molecule has 0 aliphatic carbocycles. The fraction of sp³-hybridized carbons (Fsp3) is 0.250. The molecule has 16 heavy (non-hydrogen) atoms. The van der Waals surface area contributed by atoms with Gasteiger partial charge in [0.15, 0.2) is 0 Å². The second kappa shape index (κ2) is 6.90. The lowest BCUT2D eigenvalue weighted by atomic mass is 10.1. The molecule has 4 heteroatoms. The Morgan fingerprint density at radius 3 is 2.69 bits per heavy atom. The second-order valence-electron chi connectivity index (χ2n) is 3.33. The van der Waals surface area contributed by atoms with Crippen LogP contribution >= 0.6 is 11.6 Å². The highest BCUT2D eigenvalue weighted by atomic mass is 35.5. The number of halogens is 1. The average molecular weight is 239 g/mol. The summed E-state index contributed by atoms with van der Waals surface area (Å²) >= 11 is 5.43. The summed E-state index contributed by atoms with van der Waals surface area (Å²) in [6, 6.07) is 7.78. The van der Waals surface area contributed by atoms with Crippen LogP contribution in [-0.4, -0.2) is 18.5 Å². The molecular formula is C12H15ClN2O. The van der Waals surface area contributed by atoms with Gasteiger partial charge in [-0.2, -0.15) is 0 Å². The molecule has 2 amide bonds. The van der Waals surface area contributed by atoms with Gasteiger partial charge in [-0.25, -0.2) is 4.79 Å². The monoisotopic (exact) mass is 238 g/mol. The van der Waals surface area contributed by atoms with Crippen LogP contribution in [0.25, 0.3) is 6.08 Å². The van der Waals surface area contributed by atoms with Crippen molar-refractivity contribution in [3.8, 4) is 0 Å². The van der Waals surface area contributed by atoms with Crippen molar-refractivity contribution < 1.29 is 4.79 Å². The Balaban J connectivity index is 2.37. The molecule has 1 aromatic rings. The summed E-state index contributed by atoms with van der Waals surface area (Å²) in [6.07, 6.45) is 3.44. The van der Waals surface area contributed by atoms with Crippen LogP contribution in [0.5, 0.6) is 0 Å². The number of hydrogen-bond acceptors (Lipinski definition) is 1. The topological polar surface area (TPSA) is 41.1 Å². The molecule has 2 N–H and O–H groups in total. The van der Waals surface area contributed by atoms with Crippen LogP contribution in [0.15, 0.2) is 30.5 Å². The fourth-order valence-corrected chi connectivity index (χ4v) is 1.20. The first-order valence-corrected chi connectivity index (χ1v) is 5.59. The third-order valence-corrected chi connectivity index (χ3v) is 2.14. The standard InChI is InChI=1S/C12H15ClN2O/c1-10-2-4-11(5-3-10)6-8-14-12(16)15-9-7-13/h2-6,8H,7,9H2,1H3,(H2,14,15,16)/b8-6+. The molecule has 1 rings (SSSR count). The van der Waals surface area contributed by atoms with Crippen molar-refractivity contribution in [2.75, 3.05) is 12.4 Å². The SMILES string of the molecule is Cc1ccc(/C=C/NC(=O)NCCCl)cc1. The lowest BCUT2D eigenvalue weighted by Gasteiger charge is -2.01. The van der Waals surface area contributed by atoms with Gasteiger partial charge in [0.25, 0.3) is 0 Å². The van der Waals surface area contributed by atoms with E-state index < -0.39 is 0 Å². The number of carbonyl (C=O) groups excluding carboxylic acids is 1. The van der Waals surface area contributed by atoms with E-state index in [2.05, 4.69) is 10.6 Å². The van der Waals surface area contributed by atoms with Gasteiger partial charge in [0.1, 0.15) is 0 Å². The van der Waals surface area contributed by atoms with E-state index in [4.69, 9.17) is 11.6 Å². The quantitative estimate of drug-likeness (QED) is 0.778. The van der Waals surface area contributed by atoms with Gasteiger partial charge in [-0.1, -0.05) is 29.8 Å². The summed E-state index contributed by atoms with van der Waals surface area (Å²) in [4.78, 5) is 11.1. The Morgan fingerprint density at radius 1 is 1.38 bits per heavy atom. The number of urea groups is 1. The first kappa shape index (κ1) is 12.6. The van der Waals surface area contributed by atoms with E-state index in [0.717, 1.165) is 5.56 Å². The molecule has 1 aromatic carbocycles. The second-order valence-corrected chi connectivity index (χ2v) is 3.71. The molecular weight excluding hydrogens is 224 g/mol. The van der Waals surface area contributed by atoms with Gasteiger partial charge in [-0.05, 0) is 18.6 Å². The van der Waals surface area contributed by atoms with E-state index in [1.54, 1.807) is 6.20 Å². The molecule has 86 valence electrons. The van der Waals surface area contributed by atoms with Crippen LogP contribution in [0.4, 0.5) is 4.79 Å². The molecule has 0 aliphatic rings. The Bertz CT molecular complexity index is 360. The van der Waals surface area contributed by atoms with E-state index >= 15 is 0 Å². The number of alkyl halides is 1. The highest BCUT2D eigenvalue weighted by Crippen LogP contribution is 2.03. The predicted molar refractivity (Wildman–Crippen MR) is 67.5 cm³/mol. The van der Waals surface area contributed by atoms with Crippen molar-refractivity contribution in [3.05, 3.63) is 41.6 Å². The summed E-state index contributed by atoms with van der Waals surface area (Å²) in [7, 11) is 0. The Labute approximate surface area is 100 Å². The molecule has 0 saturated carbocycles. The zero-order chi connectivity index (χ0) is 11.8. The van der Waals surface area contributed by atoms with Gasteiger partial charge in [-0.3, -0.25) is 0 Å². The average Bonchev–Trinajstić information content (AvgIpc) is 2.29. The summed E-state index contributed by atoms with van der Waals surface area (Å²) in [6.45, 7) is 2.50. The molecule has 0 fully saturated rings. The van der Waals surface area contributed by atoms with Crippen LogP contribution < -0.4 is 10.6 Å². The number of amides is 2. The number of rotatable bonds is 4. The maximum absolute atomic E-state index is 11.1. The smallest absolute Gasteiger partial charge is 0.318 e. The van der Waals surface area contributed by atoms with Crippen LogP contribution in [0.3, 0.4) is 0 Å².